The van der Waals surface area contributed by atoms with Gasteiger partial charge in [-0.2, -0.15) is 0 Å². The lowest BCUT2D eigenvalue weighted by molar-refractivity contribution is 0.104. The molecule has 0 aromatic heterocycles. The Morgan fingerprint density at radius 3 is 2.53 bits per heavy atom. The monoisotopic (exact) mass is 224 g/mol. The molecule has 0 unspecified atom stereocenters. The van der Waals surface area contributed by atoms with Gasteiger partial charge in [-0.25, -0.2) is 0 Å². The summed E-state index contributed by atoms with van der Waals surface area (Å²) in [6, 6.07) is 9.07. The molecule has 0 heterocycles. The Morgan fingerprint density at radius 1 is 1.00 bits per heavy atom. The van der Waals surface area contributed by atoms with Crippen molar-refractivity contribution in [3.05, 3.63) is 52.6 Å². The predicted molar refractivity (Wildman–Crippen MR) is 66.4 cm³/mol. The molecule has 0 amide bonds. The Labute approximate surface area is 99.5 Å². The lowest BCUT2D eigenvalue weighted by Gasteiger charge is -2.05. The molecule has 1 aliphatic carbocycles. The van der Waals surface area contributed by atoms with Crippen LogP contribution in [0.15, 0.2) is 30.3 Å². The number of rotatable bonds is 0. The summed E-state index contributed by atoms with van der Waals surface area (Å²) in [7, 11) is 0. The van der Waals surface area contributed by atoms with E-state index in [1.54, 1.807) is 18.2 Å². The van der Waals surface area contributed by atoms with Gasteiger partial charge in [-0.15, -0.1) is 0 Å². The van der Waals surface area contributed by atoms with Gasteiger partial charge in [0.2, 0.25) is 0 Å². The Balaban J connectivity index is 2.46. The maximum Gasteiger partial charge on any atom is 0.194 e. The Kier molecular flexibility index (Phi) is 1.90. The summed E-state index contributed by atoms with van der Waals surface area (Å²) < 4.78 is 0. The largest absolute Gasteiger partial charge is 0.507 e. The number of aromatic hydroxyl groups is 1. The van der Waals surface area contributed by atoms with Crippen molar-refractivity contribution in [1.82, 2.24) is 0 Å². The number of fused-ring (bicyclic) bond motifs is 3. The van der Waals surface area contributed by atoms with Crippen LogP contribution in [0.4, 0.5) is 0 Å². The first kappa shape index (κ1) is 10.1. The SMILES string of the molecule is Cc1cc(C)c2c(c1)-c1c(O)cccc1C2=O. The Bertz CT molecular complexity index is 654. The third-order valence-corrected chi connectivity index (χ3v) is 3.26. The Morgan fingerprint density at radius 2 is 1.76 bits per heavy atom. The molecule has 1 N–H and O–H groups in total. The minimum Gasteiger partial charge on any atom is -0.507 e. The van der Waals surface area contributed by atoms with Gasteiger partial charge in [-0.1, -0.05) is 29.8 Å². The molecule has 2 aromatic rings. The average Bonchev–Trinajstić information content (AvgIpc) is 2.54. The summed E-state index contributed by atoms with van der Waals surface area (Å²) in [5.41, 5.74) is 4.95. The Hall–Kier alpha value is -2.09. The highest BCUT2D eigenvalue weighted by Gasteiger charge is 2.30. The highest BCUT2D eigenvalue weighted by atomic mass is 16.3. The molecule has 2 nitrogen and oxygen atoms in total. The molecule has 1 aliphatic rings. The number of carbonyl (C=O) groups is 1. The van der Waals surface area contributed by atoms with E-state index in [9.17, 15) is 9.90 Å². The van der Waals surface area contributed by atoms with E-state index in [1.165, 1.54) is 0 Å². The summed E-state index contributed by atoms with van der Waals surface area (Å²) in [6.45, 7) is 3.93. The molecule has 2 aromatic carbocycles. The number of hydrogen-bond donors (Lipinski definition) is 1. The van der Waals surface area contributed by atoms with E-state index in [0.29, 0.717) is 11.1 Å². The van der Waals surface area contributed by atoms with E-state index in [0.717, 1.165) is 22.3 Å². The molecular formula is C15H12O2. The van der Waals surface area contributed by atoms with E-state index in [-0.39, 0.29) is 11.5 Å². The van der Waals surface area contributed by atoms with E-state index in [4.69, 9.17) is 0 Å². The molecule has 3 rings (SSSR count). The zero-order valence-electron chi connectivity index (χ0n) is 9.74. The number of benzene rings is 2. The third kappa shape index (κ3) is 1.24. The number of hydrogen-bond acceptors (Lipinski definition) is 2. The molecule has 0 aliphatic heterocycles. The van der Waals surface area contributed by atoms with Crippen LogP contribution < -0.4 is 0 Å². The van der Waals surface area contributed by atoms with Crippen molar-refractivity contribution in [3.8, 4) is 16.9 Å². The van der Waals surface area contributed by atoms with E-state index < -0.39 is 0 Å². The van der Waals surface area contributed by atoms with Gasteiger partial charge in [0.05, 0.1) is 0 Å². The number of carbonyl (C=O) groups excluding carboxylic acids is 1. The van der Waals surface area contributed by atoms with Crippen molar-refractivity contribution in [3.63, 3.8) is 0 Å². The zero-order chi connectivity index (χ0) is 12.2. The van der Waals surface area contributed by atoms with Gasteiger partial charge in [0, 0.05) is 16.7 Å². The van der Waals surface area contributed by atoms with Gasteiger partial charge in [0.15, 0.2) is 5.78 Å². The number of aryl methyl sites for hydroxylation is 2. The van der Waals surface area contributed by atoms with Crippen LogP contribution in [0.5, 0.6) is 5.75 Å². The molecule has 0 atom stereocenters. The van der Waals surface area contributed by atoms with Crippen LogP contribution in [0.2, 0.25) is 0 Å². The van der Waals surface area contributed by atoms with Crippen LogP contribution in [0.1, 0.15) is 27.0 Å². The van der Waals surface area contributed by atoms with Crippen molar-refractivity contribution in [1.29, 1.82) is 0 Å². The molecule has 0 spiro atoms. The van der Waals surface area contributed by atoms with E-state index in [2.05, 4.69) is 0 Å². The summed E-state index contributed by atoms with van der Waals surface area (Å²) in [5.74, 6) is 0.197. The second kappa shape index (κ2) is 3.20. The molecule has 2 heteroatoms. The van der Waals surface area contributed by atoms with Gasteiger partial charge in [-0.3, -0.25) is 4.79 Å². The zero-order valence-corrected chi connectivity index (χ0v) is 9.74. The van der Waals surface area contributed by atoms with Gasteiger partial charge in [-0.05, 0) is 31.0 Å². The fourth-order valence-electron chi connectivity index (χ4n) is 2.61. The molecule has 0 fully saturated rings. The first-order chi connectivity index (χ1) is 8.09. The minimum atomic E-state index is 0.0170. The van der Waals surface area contributed by atoms with E-state index in [1.807, 2.05) is 26.0 Å². The lowest BCUT2D eigenvalue weighted by Crippen LogP contribution is -1.98. The maximum absolute atomic E-state index is 12.3. The van der Waals surface area contributed by atoms with Crippen LogP contribution in [0.3, 0.4) is 0 Å². The minimum absolute atomic E-state index is 0.0170. The quantitative estimate of drug-likeness (QED) is 0.636. The van der Waals surface area contributed by atoms with Crippen LogP contribution in [0, 0.1) is 13.8 Å². The number of phenols is 1. The highest BCUT2D eigenvalue weighted by molar-refractivity contribution is 6.23. The molecule has 84 valence electrons. The normalized spacial score (nSPS) is 12.5. The van der Waals surface area contributed by atoms with Crippen LogP contribution in [-0.4, -0.2) is 10.9 Å². The predicted octanol–water partition coefficient (Wildman–Crippen LogP) is 3.22. The summed E-state index contributed by atoms with van der Waals surface area (Å²) >= 11 is 0. The second-order valence-electron chi connectivity index (χ2n) is 4.53. The fraction of sp³-hybridized carbons (Fsp3) is 0.133. The summed E-state index contributed by atoms with van der Waals surface area (Å²) in [4.78, 5) is 12.3. The van der Waals surface area contributed by atoms with Crippen molar-refractivity contribution >= 4 is 5.78 Å². The summed E-state index contributed by atoms with van der Waals surface area (Å²) in [6.07, 6.45) is 0. The first-order valence-corrected chi connectivity index (χ1v) is 5.58. The van der Waals surface area contributed by atoms with Gasteiger partial charge in [0.25, 0.3) is 0 Å². The first-order valence-electron chi connectivity index (χ1n) is 5.58. The average molecular weight is 224 g/mol. The molecule has 17 heavy (non-hydrogen) atoms. The second-order valence-corrected chi connectivity index (χ2v) is 4.53. The van der Waals surface area contributed by atoms with Gasteiger partial charge >= 0.3 is 0 Å². The molecule has 0 bridgehead atoms. The topological polar surface area (TPSA) is 37.3 Å². The van der Waals surface area contributed by atoms with Crippen LogP contribution >= 0.6 is 0 Å². The van der Waals surface area contributed by atoms with Crippen LogP contribution in [0.25, 0.3) is 11.1 Å². The van der Waals surface area contributed by atoms with Crippen molar-refractivity contribution in [2.75, 3.05) is 0 Å². The summed E-state index contributed by atoms with van der Waals surface area (Å²) in [5, 5.41) is 9.93. The maximum atomic E-state index is 12.3. The standard InChI is InChI=1S/C15H12O2/c1-8-6-9(2)13-11(7-8)14-10(15(13)17)4-3-5-12(14)16/h3-7,16H,1-2H3. The highest BCUT2D eigenvalue weighted by Crippen LogP contribution is 2.43. The number of ketones is 1. The lowest BCUT2D eigenvalue weighted by atomic mass is 9.98. The fourth-order valence-corrected chi connectivity index (χ4v) is 2.61. The van der Waals surface area contributed by atoms with Gasteiger partial charge in [0.1, 0.15) is 5.75 Å². The van der Waals surface area contributed by atoms with Crippen molar-refractivity contribution < 1.29 is 9.90 Å². The molecular weight excluding hydrogens is 212 g/mol. The molecule has 0 radical (unpaired) electrons. The van der Waals surface area contributed by atoms with Crippen molar-refractivity contribution in [2.24, 2.45) is 0 Å². The molecule has 0 saturated carbocycles. The molecule has 0 saturated heterocycles. The smallest absolute Gasteiger partial charge is 0.194 e. The number of phenolic OH excluding ortho intramolecular Hbond substituents is 1. The third-order valence-electron chi connectivity index (χ3n) is 3.26. The van der Waals surface area contributed by atoms with Crippen LogP contribution in [-0.2, 0) is 0 Å². The van der Waals surface area contributed by atoms with Gasteiger partial charge < -0.3 is 5.11 Å². The van der Waals surface area contributed by atoms with E-state index >= 15 is 0 Å². The van der Waals surface area contributed by atoms with Crippen molar-refractivity contribution in [2.45, 2.75) is 13.8 Å².